The van der Waals surface area contributed by atoms with E-state index in [0.29, 0.717) is 17.3 Å². The van der Waals surface area contributed by atoms with Gasteiger partial charge in [0, 0.05) is 11.4 Å². The van der Waals surface area contributed by atoms with E-state index in [1.807, 2.05) is 0 Å². The third-order valence-electron chi connectivity index (χ3n) is 3.04. The summed E-state index contributed by atoms with van der Waals surface area (Å²) in [4.78, 5) is 6.84. The van der Waals surface area contributed by atoms with Crippen LogP contribution in [0.2, 0.25) is 0 Å². The van der Waals surface area contributed by atoms with E-state index in [1.54, 1.807) is 0 Å². The average Bonchev–Trinajstić information content (AvgIpc) is 2.81. The monoisotopic (exact) mass is 321 g/mol. The standard InChI is InChI=1S/C10H16BrN3O2S/c11-9-3-1-2-8(4-9)5-14-17(15,16)10-6-12-7-13-10/h6-9,14H,1-5H2,(H,12,13). The van der Waals surface area contributed by atoms with Crippen molar-refractivity contribution in [2.24, 2.45) is 5.92 Å². The van der Waals surface area contributed by atoms with Crippen LogP contribution >= 0.6 is 15.9 Å². The third kappa shape index (κ3) is 3.53. The predicted molar refractivity (Wildman–Crippen MR) is 68.4 cm³/mol. The van der Waals surface area contributed by atoms with Crippen molar-refractivity contribution in [3.8, 4) is 0 Å². The maximum Gasteiger partial charge on any atom is 0.257 e. The summed E-state index contributed by atoms with van der Waals surface area (Å²) in [7, 11) is -3.42. The summed E-state index contributed by atoms with van der Waals surface area (Å²) < 4.78 is 26.3. The first-order chi connectivity index (χ1) is 8.08. The first-order valence-corrected chi connectivity index (χ1v) is 8.10. The van der Waals surface area contributed by atoms with E-state index < -0.39 is 10.0 Å². The van der Waals surface area contributed by atoms with Gasteiger partial charge in [-0.25, -0.2) is 18.1 Å². The van der Waals surface area contributed by atoms with Gasteiger partial charge >= 0.3 is 0 Å². The number of alkyl halides is 1. The molecule has 2 atom stereocenters. The van der Waals surface area contributed by atoms with Crippen molar-refractivity contribution in [2.75, 3.05) is 6.54 Å². The van der Waals surface area contributed by atoms with Crippen LogP contribution in [0.5, 0.6) is 0 Å². The minimum absolute atomic E-state index is 0.128. The predicted octanol–water partition coefficient (Wildman–Crippen LogP) is 1.64. The Kier molecular flexibility index (Phi) is 4.22. The zero-order chi connectivity index (χ0) is 12.3. The van der Waals surface area contributed by atoms with Crippen LogP contribution in [0.4, 0.5) is 0 Å². The summed E-state index contributed by atoms with van der Waals surface area (Å²) >= 11 is 3.59. The van der Waals surface area contributed by atoms with Crippen LogP contribution in [0.1, 0.15) is 25.7 Å². The highest BCUT2D eigenvalue weighted by atomic mass is 79.9. The molecule has 1 fully saturated rings. The van der Waals surface area contributed by atoms with E-state index in [9.17, 15) is 8.42 Å². The van der Waals surface area contributed by atoms with Crippen LogP contribution in [-0.2, 0) is 10.0 Å². The van der Waals surface area contributed by atoms with Crippen LogP contribution in [-0.4, -0.2) is 29.8 Å². The van der Waals surface area contributed by atoms with Crippen molar-refractivity contribution in [3.05, 3.63) is 12.5 Å². The number of hydrogen-bond donors (Lipinski definition) is 2. The molecule has 2 unspecified atom stereocenters. The molecule has 2 rings (SSSR count). The van der Waals surface area contributed by atoms with Gasteiger partial charge in [-0.15, -0.1) is 0 Å². The SMILES string of the molecule is O=S(=O)(NCC1CCCC(Br)C1)c1cnc[nH]1. The Hall–Kier alpha value is -0.400. The molecule has 0 aliphatic heterocycles. The van der Waals surface area contributed by atoms with E-state index in [4.69, 9.17) is 0 Å². The summed E-state index contributed by atoms with van der Waals surface area (Å²) in [5.41, 5.74) is 0. The summed E-state index contributed by atoms with van der Waals surface area (Å²) in [6.07, 6.45) is 7.15. The van der Waals surface area contributed by atoms with Gasteiger partial charge in [0.05, 0.1) is 12.5 Å². The van der Waals surface area contributed by atoms with Crippen LogP contribution in [0.3, 0.4) is 0 Å². The average molecular weight is 322 g/mol. The lowest BCUT2D eigenvalue weighted by atomic mass is 9.89. The van der Waals surface area contributed by atoms with Crippen molar-refractivity contribution in [1.82, 2.24) is 14.7 Å². The zero-order valence-electron chi connectivity index (χ0n) is 9.39. The molecule has 7 heteroatoms. The largest absolute Gasteiger partial charge is 0.335 e. The van der Waals surface area contributed by atoms with E-state index in [0.717, 1.165) is 19.3 Å². The van der Waals surface area contributed by atoms with E-state index in [-0.39, 0.29) is 5.03 Å². The van der Waals surface area contributed by atoms with Crippen molar-refractivity contribution in [1.29, 1.82) is 0 Å². The minimum atomic E-state index is -3.42. The van der Waals surface area contributed by atoms with E-state index in [1.165, 1.54) is 18.9 Å². The molecule has 0 radical (unpaired) electrons. The number of imidazole rings is 1. The van der Waals surface area contributed by atoms with Crippen molar-refractivity contribution in [3.63, 3.8) is 0 Å². The summed E-state index contributed by atoms with van der Waals surface area (Å²) in [6, 6.07) is 0. The van der Waals surface area contributed by atoms with Crippen molar-refractivity contribution >= 4 is 26.0 Å². The second kappa shape index (κ2) is 5.49. The van der Waals surface area contributed by atoms with Gasteiger partial charge in [0.2, 0.25) is 0 Å². The number of nitrogens with zero attached hydrogens (tertiary/aromatic N) is 1. The van der Waals surface area contributed by atoms with Crippen molar-refractivity contribution in [2.45, 2.75) is 35.5 Å². The van der Waals surface area contributed by atoms with E-state index in [2.05, 4.69) is 30.6 Å². The molecule has 1 aliphatic rings. The van der Waals surface area contributed by atoms with Gasteiger partial charge in [-0.3, -0.25) is 0 Å². The third-order valence-corrected chi connectivity index (χ3v) is 5.22. The van der Waals surface area contributed by atoms with Gasteiger partial charge in [0.25, 0.3) is 10.0 Å². The Morgan fingerprint density at radius 1 is 1.53 bits per heavy atom. The molecule has 1 saturated carbocycles. The van der Waals surface area contributed by atoms with Gasteiger partial charge in [0.1, 0.15) is 0 Å². The molecular weight excluding hydrogens is 306 g/mol. The maximum absolute atomic E-state index is 11.8. The first-order valence-electron chi connectivity index (χ1n) is 5.70. The first kappa shape index (κ1) is 13.0. The molecular formula is C10H16BrN3O2S. The Morgan fingerprint density at radius 2 is 2.35 bits per heavy atom. The highest BCUT2D eigenvalue weighted by Crippen LogP contribution is 2.28. The number of nitrogens with one attached hydrogen (secondary N) is 2. The Morgan fingerprint density at radius 3 is 3.00 bits per heavy atom. The molecule has 1 aliphatic carbocycles. The van der Waals surface area contributed by atoms with Crippen LogP contribution < -0.4 is 4.72 Å². The minimum Gasteiger partial charge on any atom is -0.335 e. The van der Waals surface area contributed by atoms with Gasteiger partial charge in [-0.05, 0) is 25.2 Å². The van der Waals surface area contributed by atoms with Crippen LogP contribution in [0, 0.1) is 5.92 Å². The summed E-state index contributed by atoms with van der Waals surface area (Å²) in [5.74, 6) is 0.422. The van der Waals surface area contributed by atoms with Crippen LogP contribution in [0.25, 0.3) is 0 Å². The molecule has 0 aromatic carbocycles. The fourth-order valence-electron chi connectivity index (χ4n) is 2.11. The molecule has 0 bridgehead atoms. The molecule has 0 saturated heterocycles. The molecule has 2 N–H and O–H groups in total. The fraction of sp³-hybridized carbons (Fsp3) is 0.700. The number of aromatic nitrogens is 2. The van der Waals surface area contributed by atoms with Crippen LogP contribution in [0.15, 0.2) is 17.6 Å². The molecule has 0 amide bonds. The van der Waals surface area contributed by atoms with E-state index >= 15 is 0 Å². The number of aromatic amines is 1. The quantitative estimate of drug-likeness (QED) is 0.828. The number of rotatable bonds is 4. The number of hydrogen-bond acceptors (Lipinski definition) is 3. The van der Waals surface area contributed by atoms with Gasteiger partial charge in [-0.1, -0.05) is 22.4 Å². The highest BCUT2D eigenvalue weighted by molar-refractivity contribution is 9.09. The molecule has 1 heterocycles. The zero-order valence-corrected chi connectivity index (χ0v) is 11.8. The van der Waals surface area contributed by atoms with Gasteiger partial charge < -0.3 is 4.98 Å². The molecule has 17 heavy (non-hydrogen) atoms. The number of H-pyrrole nitrogens is 1. The smallest absolute Gasteiger partial charge is 0.257 e. The fourth-order valence-corrected chi connectivity index (χ4v) is 3.98. The van der Waals surface area contributed by atoms with Crippen molar-refractivity contribution < 1.29 is 8.42 Å². The number of sulfonamides is 1. The number of halogens is 1. The second-order valence-corrected chi connectivity index (χ2v) is 7.43. The summed E-state index contributed by atoms with van der Waals surface area (Å²) in [5, 5.41) is 0.128. The second-order valence-electron chi connectivity index (χ2n) is 4.40. The Labute approximate surface area is 110 Å². The molecule has 96 valence electrons. The summed E-state index contributed by atoms with van der Waals surface area (Å²) in [6.45, 7) is 0.503. The lowest BCUT2D eigenvalue weighted by Gasteiger charge is -2.25. The molecule has 5 nitrogen and oxygen atoms in total. The maximum atomic E-state index is 11.8. The normalized spacial score (nSPS) is 25.9. The molecule has 1 aromatic heterocycles. The Bertz CT molecular complexity index is 446. The molecule has 1 aromatic rings. The highest BCUT2D eigenvalue weighted by Gasteiger charge is 2.22. The molecule has 0 spiro atoms. The lowest BCUT2D eigenvalue weighted by Crippen LogP contribution is -2.32. The lowest BCUT2D eigenvalue weighted by molar-refractivity contribution is 0.367. The van der Waals surface area contributed by atoms with Gasteiger partial charge in [-0.2, -0.15) is 0 Å². The topological polar surface area (TPSA) is 74.8 Å². The van der Waals surface area contributed by atoms with Gasteiger partial charge in [0.15, 0.2) is 5.03 Å². The Balaban J connectivity index is 1.89.